The first-order valence-corrected chi connectivity index (χ1v) is 26.6. The number of aryl methyl sites for hydroxylation is 1. The van der Waals surface area contributed by atoms with Gasteiger partial charge in [-0.25, -0.2) is 0 Å². The number of nitrogen functional groups attached to an aromatic ring is 1. The van der Waals surface area contributed by atoms with E-state index >= 15 is 0 Å². The molecule has 3 N–H and O–H groups in total. The van der Waals surface area contributed by atoms with Gasteiger partial charge < -0.3 is 25.0 Å². The van der Waals surface area contributed by atoms with Crippen LogP contribution in [-0.2, 0) is 55.1 Å². The summed E-state index contributed by atoms with van der Waals surface area (Å²) < 4.78 is 268. The van der Waals surface area contributed by atoms with Crippen LogP contribution in [0.4, 0.5) is 121 Å². The fourth-order valence-corrected chi connectivity index (χ4v) is 8.42. The summed E-state index contributed by atoms with van der Waals surface area (Å²) in [4.78, 5) is 10.3. The van der Waals surface area contributed by atoms with Crippen molar-refractivity contribution in [1.29, 1.82) is 0 Å². The molecule has 0 aliphatic rings. The van der Waals surface area contributed by atoms with Gasteiger partial charge in [-0.05, 0) is 73.2 Å². The number of nitrogens with two attached hydrogens (primary N) is 1. The van der Waals surface area contributed by atoms with Crippen molar-refractivity contribution >= 4 is 79.3 Å². The first-order valence-electron chi connectivity index (χ1n) is 23.5. The van der Waals surface area contributed by atoms with Crippen molar-refractivity contribution in [2.24, 2.45) is 0 Å². The average molecular weight is 1460 g/mol. The maximum atomic E-state index is 13.2. The molecular weight excluding hydrogens is 1430 g/mol. The second kappa shape index (κ2) is 29.4. The summed E-state index contributed by atoms with van der Waals surface area (Å²) in [6.07, 6.45) is -27.8. The van der Waals surface area contributed by atoms with Crippen LogP contribution in [0.15, 0.2) is 107 Å². The number of thiophene rings is 2. The van der Waals surface area contributed by atoms with Gasteiger partial charge in [0.05, 0.1) is 81.3 Å². The summed E-state index contributed by atoms with van der Waals surface area (Å²) in [6.45, 7) is 1.70. The number of rotatable bonds is 9. The minimum Gasteiger partial charge on any atom is -0.382 e. The lowest BCUT2D eigenvalue weighted by atomic mass is 10.2. The normalized spacial score (nSPS) is 12.0. The smallest absolute Gasteiger partial charge is 0.382 e. The largest absolute Gasteiger partial charge is 0.471 e. The van der Waals surface area contributed by atoms with Crippen molar-refractivity contribution in [3.8, 4) is 21.4 Å². The van der Waals surface area contributed by atoms with E-state index in [-0.39, 0.29) is 45.7 Å². The molecule has 490 valence electrons. The minimum absolute atomic E-state index is 0.0250. The molecule has 10 aromatic rings. The van der Waals surface area contributed by atoms with E-state index in [1.54, 1.807) is 31.2 Å². The van der Waals surface area contributed by atoms with Crippen molar-refractivity contribution in [3.05, 3.63) is 158 Å². The van der Waals surface area contributed by atoms with Crippen LogP contribution in [0.25, 0.3) is 21.4 Å². The molecule has 46 heteroatoms. The molecule has 10 heterocycles. The van der Waals surface area contributed by atoms with Gasteiger partial charge in [0.1, 0.15) is 5.82 Å². The molecule has 0 saturated carbocycles. The molecule has 0 atom stereocenters. The SMILES string of the molecule is Cc1cnnc(N(Cc2ccc(-c3noc(C(F)(F)F)n3)s2)c2cc(C(F)(F)F)cnn2)c1.FC(F)(F)c1cnnc(Cl)c1.FC(F)(F)c1cnnc(Nc2cc(C(F)(F)F)cnn2)c1.FC(F)(F)c1nc(-c2ccc(CBr)s2)no1.Nc1cc(C(F)(F)F)cnn1. The molecule has 10 aromatic heterocycles. The molecule has 0 bridgehead atoms. The Morgan fingerprint density at radius 1 is 0.467 bits per heavy atom. The maximum absolute atomic E-state index is 13.2. The molecule has 0 fully saturated rings. The molecule has 0 unspecified atom stereocenters. The predicted molar refractivity (Wildman–Crippen MR) is 278 cm³/mol. The highest BCUT2D eigenvalue weighted by Crippen LogP contribution is 2.38. The van der Waals surface area contributed by atoms with E-state index < -0.39 is 94.5 Å². The number of halogens is 23. The zero-order chi connectivity index (χ0) is 68.2. The number of nitrogens with zero attached hydrogens (tertiary/aromatic N) is 17. The summed E-state index contributed by atoms with van der Waals surface area (Å²) >= 11 is 10.8. The van der Waals surface area contributed by atoms with E-state index in [4.69, 9.17) is 17.3 Å². The molecule has 0 radical (unpaired) electrons. The first-order chi connectivity index (χ1) is 42.7. The van der Waals surface area contributed by atoms with Gasteiger partial charge in [0.2, 0.25) is 11.6 Å². The second-order valence-electron chi connectivity index (χ2n) is 16.9. The van der Waals surface area contributed by atoms with Crippen molar-refractivity contribution in [2.75, 3.05) is 16.0 Å². The Bertz CT molecular complexity index is 3920. The van der Waals surface area contributed by atoms with E-state index in [9.17, 15) is 92.2 Å². The quantitative estimate of drug-likeness (QED) is 0.100. The van der Waals surface area contributed by atoms with E-state index in [1.165, 1.54) is 28.5 Å². The highest BCUT2D eigenvalue weighted by Gasteiger charge is 2.40. The number of aromatic nitrogens is 16. The lowest BCUT2D eigenvalue weighted by Crippen LogP contribution is -2.20. The van der Waals surface area contributed by atoms with Crippen molar-refractivity contribution < 1.29 is 101 Å². The van der Waals surface area contributed by atoms with Crippen molar-refractivity contribution in [1.82, 2.24) is 81.5 Å². The third-order valence-electron chi connectivity index (χ3n) is 10.0. The average Bonchev–Trinajstić information content (AvgIpc) is 1.39. The Balaban J connectivity index is 0.000000196. The van der Waals surface area contributed by atoms with Gasteiger partial charge in [-0.15, -0.1) is 53.3 Å². The van der Waals surface area contributed by atoms with Crippen LogP contribution in [-0.4, -0.2) is 81.5 Å². The fraction of sp³-hybridized carbons (Fsp3) is 0.217. The van der Waals surface area contributed by atoms with Gasteiger partial charge in [-0.3, -0.25) is 0 Å². The van der Waals surface area contributed by atoms with Crippen LogP contribution in [0.1, 0.15) is 54.9 Å². The number of alkyl halides is 22. The van der Waals surface area contributed by atoms with Crippen LogP contribution in [0.2, 0.25) is 5.15 Å². The number of hydrogen-bond donors (Lipinski definition) is 2. The standard InChI is InChI=1S/C18H11F6N7OS.C10H5F6N5.C8H4BrF3N2OS.C5H2ClF3N2.C5H4F3N3/c1-9-4-13(28-25-6-9)31(14-5-10(7-26-29-14)17(19,20)21)8-11-2-3-12(33-11)15-27-16(32-30-15)18(22,23)24;11-9(12,13)5-1-7(20-17-3-5)19-8-2-6(4-18-21-8)10(14,15)16;9-3-4-1-2-5(16-4)6-13-7(15-14-6)8(10,11)12;6-4-1-3(2-10-11-4)5(7,8)9;6-5(7,8)3-1-4(9)11-10-2-3/h2-7H,8H2,1H3;1-4H,(H,19,20,21);1-2H,3H2;1-2H;1-2H,(H2,9,11). The lowest BCUT2D eigenvalue weighted by Gasteiger charge is -2.22. The van der Waals surface area contributed by atoms with Crippen LogP contribution < -0.4 is 16.0 Å². The fourth-order valence-electron chi connectivity index (χ4n) is 6.02. The highest BCUT2D eigenvalue weighted by molar-refractivity contribution is 9.08. The van der Waals surface area contributed by atoms with Gasteiger partial charge in [0.15, 0.2) is 28.4 Å². The molecule has 0 aliphatic heterocycles. The summed E-state index contributed by atoms with van der Waals surface area (Å²) in [6, 6.07) is 11.5. The number of anilines is 5. The summed E-state index contributed by atoms with van der Waals surface area (Å²) in [7, 11) is 0. The Labute approximate surface area is 517 Å². The van der Waals surface area contributed by atoms with E-state index in [0.717, 1.165) is 28.3 Å². The van der Waals surface area contributed by atoms with E-state index in [0.29, 0.717) is 69.8 Å². The topological polar surface area (TPSA) is 274 Å². The van der Waals surface area contributed by atoms with E-state index in [2.05, 4.69) is 112 Å². The molecule has 0 amide bonds. The molecule has 0 saturated heterocycles. The molecule has 92 heavy (non-hydrogen) atoms. The Morgan fingerprint density at radius 2 is 0.848 bits per heavy atom. The van der Waals surface area contributed by atoms with Crippen LogP contribution in [0.3, 0.4) is 0 Å². The minimum atomic E-state index is -4.78. The van der Waals surface area contributed by atoms with Gasteiger partial charge in [-0.1, -0.05) is 37.8 Å². The number of hydrogen-bond acceptors (Lipinski definition) is 23. The highest BCUT2D eigenvalue weighted by atomic mass is 79.9. The van der Waals surface area contributed by atoms with Crippen molar-refractivity contribution in [3.63, 3.8) is 0 Å². The molecule has 0 aliphatic carbocycles. The Kier molecular flexibility index (Phi) is 23.0. The lowest BCUT2D eigenvalue weighted by molar-refractivity contribution is -0.160. The van der Waals surface area contributed by atoms with Crippen LogP contribution in [0.5, 0.6) is 0 Å². The molecule has 10 rings (SSSR count). The second-order valence-corrected chi connectivity index (χ2v) is 20.2. The number of nitrogens with one attached hydrogen (secondary N) is 1. The van der Waals surface area contributed by atoms with Gasteiger partial charge >= 0.3 is 55.0 Å². The molecule has 0 aromatic carbocycles. The zero-order valence-corrected chi connectivity index (χ0v) is 48.1. The summed E-state index contributed by atoms with van der Waals surface area (Å²) in [5.74, 6) is -4.09. The molecule has 21 nitrogen and oxygen atoms in total. The van der Waals surface area contributed by atoms with Gasteiger partial charge in [0.25, 0.3) is 0 Å². The van der Waals surface area contributed by atoms with Crippen LogP contribution >= 0.6 is 50.2 Å². The van der Waals surface area contributed by atoms with Crippen LogP contribution in [0, 0.1) is 6.92 Å². The molecule has 0 spiro atoms. The third kappa shape index (κ3) is 21.5. The predicted octanol–water partition coefficient (Wildman–Crippen LogP) is 15.0. The third-order valence-corrected chi connectivity index (χ3v) is 13.3. The van der Waals surface area contributed by atoms with E-state index in [1.807, 2.05) is 0 Å². The zero-order valence-electron chi connectivity index (χ0n) is 44.2. The maximum Gasteiger partial charge on any atom is 0.471 e. The first kappa shape index (κ1) is 71.9. The molecular formula is C46H26BrClF21N19O2S2. The van der Waals surface area contributed by atoms with Gasteiger partial charge in [0, 0.05) is 15.1 Å². The Hall–Kier alpha value is -9.14. The monoisotopic (exact) mass is 1450 g/mol. The summed E-state index contributed by atoms with van der Waals surface area (Å²) in [5, 5.41) is 49.6. The summed E-state index contributed by atoms with van der Waals surface area (Å²) in [5.41, 5.74) is 0.706. The van der Waals surface area contributed by atoms with Gasteiger partial charge in [-0.2, -0.15) is 133 Å². The Morgan fingerprint density at radius 3 is 1.23 bits per heavy atom. The van der Waals surface area contributed by atoms with Crippen molar-refractivity contribution in [2.45, 2.75) is 62.0 Å².